The molecule has 0 aliphatic carbocycles. The number of morpholine rings is 1. The summed E-state index contributed by atoms with van der Waals surface area (Å²) >= 11 is 0. The molecule has 0 bridgehead atoms. The molecule has 3 rings (SSSR count). The third-order valence-corrected chi connectivity index (χ3v) is 4.48. The van der Waals surface area contributed by atoms with Crippen LogP contribution in [0.2, 0.25) is 0 Å². The molecule has 2 heterocycles. The standard InChI is InChI=1S/C19H23N5O4/c1-12-10-23(11-13(2)28-12)18-7-4-14(9-21-18)22-19(25)16-8-15(24(26)27)5-6-17(16)20-3/h4-9,12-13,20H,10-11H2,1-3H3,(H,22,25). The van der Waals surface area contributed by atoms with E-state index in [4.69, 9.17) is 4.74 Å². The zero-order valence-electron chi connectivity index (χ0n) is 16.0. The van der Waals surface area contributed by atoms with Crippen LogP contribution in [0.25, 0.3) is 0 Å². The summed E-state index contributed by atoms with van der Waals surface area (Å²) in [7, 11) is 1.65. The van der Waals surface area contributed by atoms with Gasteiger partial charge in [-0.3, -0.25) is 14.9 Å². The van der Waals surface area contributed by atoms with Crippen molar-refractivity contribution in [1.82, 2.24) is 4.98 Å². The minimum atomic E-state index is -0.531. The molecular formula is C19H23N5O4. The maximum absolute atomic E-state index is 12.6. The molecule has 2 unspecified atom stereocenters. The Bertz CT molecular complexity index is 861. The van der Waals surface area contributed by atoms with Crippen molar-refractivity contribution in [1.29, 1.82) is 0 Å². The van der Waals surface area contributed by atoms with Crippen molar-refractivity contribution in [3.63, 3.8) is 0 Å². The maximum atomic E-state index is 12.6. The van der Waals surface area contributed by atoms with E-state index < -0.39 is 10.8 Å². The Labute approximate surface area is 162 Å². The summed E-state index contributed by atoms with van der Waals surface area (Å²) in [6, 6.07) is 7.71. The number of nitro benzene ring substituents is 1. The normalized spacial score (nSPS) is 19.2. The van der Waals surface area contributed by atoms with Gasteiger partial charge in [0, 0.05) is 38.0 Å². The first-order chi connectivity index (χ1) is 13.4. The van der Waals surface area contributed by atoms with Crippen LogP contribution >= 0.6 is 0 Å². The van der Waals surface area contributed by atoms with Gasteiger partial charge in [0.25, 0.3) is 11.6 Å². The minimum Gasteiger partial charge on any atom is -0.387 e. The molecule has 1 aromatic carbocycles. The van der Waals surface area contributed by atoms with Gasteiger partial charge < -0.3 is 20.3 Å². The molecule has 1 fully saturated rings. The van der Waals surface area contributed by atoms with Gasteiger partial charge in [0.2, 0.25) is 0 Å². The van der Waals surface area contributed by atoms with Crippen molar-refractivity contribution >= 4 is 28.8 Å². The number of rotatable bonds is 5. The lowest BCUT2D eigenvalue weighted by Gasteiger charge is -2.36. The number of benzene rings is 1. The van der Waals surface area contributed by atoms with Gasteiger partial charge in [-0.25, -0.2) is 4.98 Å². The summed E-state index contributed by atoms with van der Waals surface area (Å²) in [6.45, 7) is 5.55. The number of non-ortho nitro benzene ring substituents is 1. The van der Waals surface area contributed by atoms with E-state index >= 15 is 0 Å². The first-order valence-electron chi connectivity index (χ1n) is 9.01. The second-order valence-corrected chi connectivity index (χ2v) is 6.76. The number of carbonyl (C=O) groups is 1. The molecule has 0 saturated carbocycles. The van der Waals surface area contributed by atoms with Crippen LogP contribution in [0.3, 0.4) is 0 Å². The minimum absolute atomic E-state index is 0.124. The molecule has 1 aliphatic heterocycles. The molecular weight excluding hydrogens is 362 g/mol. The smallest absolute Gasteiger partial charge is 0.270 e. The van der Waals surface area contributed by atoms with Crippen LogP contribution in [0, 0.1) is 10.1 Å². The third kappa shape index (κ3) is 4.37. The van der Waals surface area contributed by atoms with E-state index in [1.54, 1.807) is 19.3 Å². The van der Waals surface area contributed by atoms with Crippen LogP contribution < -0.4 is 15.5 Å². The fourth-order valence-electron chi connectivity index (χ4n) is 3.26. The summed E-state index contributed by atoms with van der Waals surface area (Å²) in [5.41, 5.74) is 1.06. The van der Waals surface area contributed by atoms with E-state index in [2.05, 4.69) is 20.5 Å². The lowest BCUT2D eigenvalue weighted by Crippen LogP contribution is -2.45. The van der Waals surface area contributed by atoms with Crippen molar-refractivity contribution in [3.05, 3.63) is 52.2 Å². The van der Waals surface area contributed by atoms with Gasteiger partial charge in [0.15, 0.2) is 0 Å². The Kier molecular flexibility index (Phi) is 5.74. The summed E-state index contributed by atoms with van der Waals surface area (Å²) in [5, 5.41) is 16.6. The van der Waals surface area contributed by atoms with E-state index in [1.165, 1.54) is 18.2 Å². The zero-order chi connectivity index (χ0) is 20.3. The number of anilines is 3. The Balaban J connectivity index is 1.74. The SMILES string of the molecule is CNc1ccc([N+](=O)[O-])cc1C(=O)Nc1ccc(N2CC(C)OC(C)C2)nc1. The molecule has 0 radical (unpaired) electrons. The quantitative estimate of drug-likeness (QED) is 0.601. The predicted octanol–water partition coefficient (Wildman–Crippen LogP) is 2.90. The summed E-state index contributed by atoms with van der Waals surface area (Å²) in [4.78, 5) is 29.7. The van der Waals surface area contributed by atoms with Gasteiger partial charge in [-0.1, -0.05) is 0 Å². The van der Waals surface area contributed by atoms with Crippen LogP contribution in [0.15, 0.2) is 36.5 Å². The fraction of sp³-hybridized carbons (Fsp3) is 0.368. The molecule has 28 heavy (non-hydrogen) atoms. The number of nitro groups is 1. The maximum Gasteiger partial charge on any atom is 0.270 e. The molecule has 0 spiro atoms. The molecule has 9 heteroatoms. The molecule has 1 aromatic heterocycles. The average Bonchev–Trinajstić information content (AvgIpc) is 2.67. The second kappa shape index (κ2) is 8.22. The van der Waals surface area contributed by atoms with Crippen molar-refractivity contribution in [2.45, 2.75) is 26.1 Å². The lowest BCUT2D eigenvalue weighted by atomic mass is 10.1. The molecule has 148 valence electrons. The Morgan fingerprint density at radius 1 is 1.25 bits per heavy atom. The number of carbonyl (C=O) groups excluding carboxylic acids is 1. The van der Waals surface area contributed by atoms with Gasteiger partial charge in [-0.05, 0) is 32.0 Å². The van der Waals surface area contributed by atoms with Crippen molar-refractivity contribution < 1.29 is 14.5 Å². The van der Waals surface area contributed by atoms with E-state index in [9.17, 15) is 14.9 Å². The first-order valence-corrected chi connectivity index (χ1v) is 9.01. The summed E-state index contributed by atoms with van der Waals surface area (Å²) in [6.07, 6.45) is 1.83. The highest BCUT2D eigenvalue weighted by atomic mass is 16.6. The highest BCUT2D eigenvalue weighted by Gasteiger charge is 2.23. The Morgan fingerprint density at radius 3 is 2.54 bits per heavy atom. The highest BCUT2D eigenvalue weighted by molar-refractivity contribution is 6.08. The van der Waals surface area contributed by atoms with Crippen LogP contribution in [-0.4, -0.2) is 48.2 Å². The van der Waals surface area contributed by atoms with Crippen molar-refractivity contribution in [3.8, 4) is 0 Å². The third-order valence-electron chi connectivity index (χ3n) is 4.48. The Hall–Kier alpha value is -3.20. The van der Waals surface area contributed by atoms with Crippen molar-refractivity contribution in [2.75, 3.05) is 35.7 Å². The molecule has 2 N–H and O–H groups in total. The van der Waals surface area contributed by atoms with E-state index in [0.717, 1.165) is 18.9 Å². The topological polar surface area (TPSA) is 110 Å². The summed E-state index contributed by atoms with van der Waals surface area (Å²) < 4.78 is 5.73. The van der Waals surface area contributed by atoms with E-state index in [-0.39, 0.29) is 23.5 Å². The number of amides is 1. The first kappa shape index (κ1) is 19.6. The largest absolute Gasteiger partial charge is 0.387 e. The molecule has 1 aliphatic rings. The lowest BCUT2D eigenvalue weighted by molar-refractivity contribution is -0.384. The number of nitrogens with one attached hydrogen (secondary N) is 2. The summed E-state index contributed by atoms with van der Waals surface area (Å²) in [5.74, 6) is 0.363. The monoisotopic (exact) mass is 385 g/mol. The van der Waals surface area contributed by atoms with Gasteiger partial charge in [0.05, 0.1) is 34.6 Å². The molecule has 2 aromatic rings. The zero-order valence-corrected chi connectivity index (χ0v) is 16.0. The highest BCUT2D eigenvalue weighted by Crippen LogP contribution is 2.24. The molecule has 1 saturated heterocycles. The van der Waals surface area contributed by atoms with Gasteiger partial charge >= 0.3 is 0 Å². The number of pyridine rings is 1. The number of nitrogens with zero attached hydrogens (tertiary/aromatic N) is 3. The fourth-order valence-corrected chi connectivity index (χ4v) is 3.26. The number of aromatic nitrogens is 1. The van der Waals surface area contributed by atoms with Crippen LogP contribution in [0.1, 0.15) is 24.2 Å². The average molecular weight is 385 g/mol. The number of hydrogen-bond acceptors (Lipinski definition) is 7. The predicted molar refractivity (Wildman–Crippen MR) is 107 cm³/mol. The second-order valence-electron chi connectivity index (χ2n) is 6.76. The molecule has 1 amide bonds. The van der Waals surface area contributed by atoms with Gasteiger partial charge in [-0.15, -0.1) is 0 Å². The van der Waals surface area contributed by atoms with Crippen LogP contribution in [0.5, 0.6) is 0 Å². The number of ether oxygens (including phenoxy) is 1. The van der Waals surface area contributed by atoms with Crippen LogP contribution in [-0.2, 0) is 4.74 Å². The molecule has 9 nitrogen and oxygen atoms in total. The molecule has 2 atom stereocenters. The van der Waals surface area contributed by atoms with E-state index in [0.29, 0.717) is 11.4 Å². The van der Waals surface area contributed by atoms with Gasteiger partial charge in [-0.2, -0.15) is 0 Å². The van der Waals surface area contributed by atoms with E-state index in [1.807, 2.05) is 19.9 Å². The van der Waals surface area contributed by atoms with Crippen molar-refractivity contribution in [2.24, 2.45) is 0 Å². The number of hydrogen-bond donors (Lipinski definition) is 2. The van der Waals surface area contributed by atoms with Crippen LogP contribution in [0.4, 0.5) is 22.9 Å². The Morgan fingerprint density at radius 2 is 1.96 bits per heavy atom. The van der Waals surface area contributed by atoms with Gasteiger partial charge in [0.1, 0.15) is 5.82 Å².